The molecule has 0 aromatic rings. The molecule has 8 heteroatoms. The summed E-state index contributed by atoms with van der Waals surface area (Å²) in [6.45, 7) is 0.596. The van der Waals surface area contributed by atoms with Crippen LogP contribution in [0.4, 0.5) is 0 Å². The number of aliphatic hydroxyl groups is 2. The van der Waals surface area contributed by atoms with E-state index < -0.39 is 16.6 Å². The quantitative estimate of drug-likeness (QED) is 0.493. The molecule has 1 heterocycles. The molecule has 0 atom stereocenters. The van der Waals surface area contributed by atoms with Crippen LogP contribution in [-0.4, -0.2) is 71.4 Å². The first kappa shape index (κ1) is 13.2. The Labute approximate surface area is 94.3 Å². The van der Waals surface area contributed by atoms with Crippen molar-refractivity contribution in [1.82, 2.24) is 0 Å². The Balaban J connectivity index is 2.71. The minimum absolute atomic E-state index is 0.239. The van der Waals surface area contributed by atoms with Gasteiger partial charge in [-0.25, -0.2) is 0 Å². The fourth-order valence-electron chi connectivity index (χ4n) is 1.63. The van der Waals surface area contributed by atoms with Crippen LogP contribution in [0.25, 0.3) is 0 Å². The van der Waals surface area contributed by atoms with Crippen LogP contribution in [0.5, 0.6) is 0 Å². The SMILES string of the molecule is [B]C([B])(O)CC1(CC([B])([B])O)OCCO1. The molecule has 0 saturated carbocycles. The Bertz CT molecular complexity index is 198. The highest BCUT2D eigenvalue weighted by Crippen LogP contribution is 2.33. The van der Waals surface area contributed by atoms with Gasteiger partial charge in [0.25, 0.3) is 0 Å². The molecule has 0 bridgehead atoms. The predicted molar refractivity (Wildman–Crippen MR) is 56.8 cm³/mol. The van der Waals surface area contributed by atoms with E-state index in [9.17, 15) is 10.2 Å². The van der Waals surface area contributed by atoms with Crippen LogP contribution >= 0.6 is 0 Å². The van der Waals surface area contributed by atoms with Gasteiger partial charge in [-0.15, -0.1) is 0 Å². The van der Waals surface area contributed by atoms with E-state index in [0.29, 0.717) is 13.2 Å². The first-order valence-corrected chi connectivity index (χ1v) is 4.50. The van der Waals surface area contributed by atoms with E-state index in [1.165, 1.54) is 0 Å². The third-order valence-electron chi connectivity index (χ3n) is 1.92. The molecular weight excluding hydrogens is 191 g/mol. The monoisotopic (exact) mass is 202 g/mol. The average molecular weight is 201 g/mol. The van der Waals surface area contributed by atoms with Gasteiger partial charge < -0.3 is 19.7 Å². The lowest BCUT2D eigenvalue weighted by Gasteiger charge is -2.37. The number of rotatable bonds is 4. The van der Waals surface area contributed by atoms with Crippen LogP contribution in [0.15, 0.2) is 0 Å². The zero-order valence-electron chi connectivity index (χ0n) is 8.35. The van der Waals surface area contributed by atoms with Gasteiger partial charge in [0.05, 0.1) is 44.6 Å². The normalized spacial score (nSPS) is 21.7. The third kappa shape index (κ3) is 4.64. The molecule has 15 heavy (non-hydrogen) atoms. The van der Waals surface area contributed by atoms with E-state index in [0.717, 1.165) is 0 Å². The number of hydrogen-bond donors (Lipinski definition) is 2. The predicted octanol–water partition coefficient (Wildman–Crippen LogP) is -2.52. The van der Waals surface area contributed by atoms with E-state index in [2.05, 4.69) is 0 Å². The van der Waals surface area contributed by atoms with Crippen molar-refractivity contribution in [3.63, 3.8) is 0 Å². The van der Waals surface area contributed by atoms with Crippen molar-refractivity contribution >= 4 is 31.4 Å². The van der Waals surface area contributed by atoms with E-state index >= 15 is 0 Å². The lowest BCUT2D eigenvalue weighted by atomic mass is 9.57. The van der Waals surface area contributed by atoms with Gasteiger partial charge in [-0.1, -0.05) is 0 Å². The molecule has 1 fully saturated rings. The highest BCUT2D eigenvalue weighted by molar-refractivity contribution is 6.39. The zero-order valence-corrected chi connectivity index (χ0v) is 8.35. The summed E-state index contributed by atoms with van der Waals surface area (Å²) < 4.78 is 10.5. The summed E-state index contributed by atoms with van der Waals surface area (Å²) in [7, 11) is 20.9. The third-order valence-corrected chi connectivity index (χ3v) is 1.92. The molecule has 0 aromatic heterocycles. The van der Waals surface area contributed by atoms with E-state index in [4.69, 9.17) is 40.9 Å². The minimum atomic E-state index is -1.98. The van der Waals surface area contributed by atoms with Crippen LogP contribution in [0.3, 0.4) is 0 Å². The van der Waals surface area contributed by atoms with Gasteiger partial charge in [0.2, 0.25) is 0 Å². The number of hydrogen-bond acceptors (Lipinski definition) is 4. The van der Waals surface area contributed by atoms with Crippen molar-refractivity contribution in [1.29, 1.82) is 0 Å². The summed E-state index contributed by atoms with van der Waals surface area (Å²) in [5.41, 5.74) is 0. The molecule has 1 rings (SSSR count). The first-order chi connectivity index (χ1) is 6.62. The van der Waals surface area contributed by atoms with E-state index in [-0.39, 0.29) is 12.8 Å². The van der Waals surface area contributed by atoms with Crippen molar-refractivity contribution in [2.24, 2.45) is 0 Å². The largest absolute Gasteiger partial charge is 0.409 e. The summed E-state index contributed by atoms with van der Waals surface area (Å²) >= 11 is 0. The lowest BCUT2D eigenvalue weighted by Crippen LogP contribution is -2.49. The van der Waals surface area contributed by atoms with Gasteiger partial charge >= 0.3 is 0 Å². The van der Waals surface area contributed by atoms with Crippen LogP contribution in [0.2, 0.25) is 0 Å². The Hall–Kier alpha value is 0.0997. The van der Waals surface area contributed by atoms with Crippen LogP contribution in [0, 0.1) is 0 Å². The zero-order chi connectivity index (χ0) is 11.7. The van der Waals surface area contributed by atoms with Gasteiger partial charge in [-0.3, -0.25) is 0 Å². The molecule has 0 spiro atoms. The Morgan fingerprint density at radius 3 is 1.53 bits per heavy atom. The van der Waals surface area contributed by atoms with Crippen molar-refractivity contribution in [3.05, 3.63) is 0 Å². The second-order valence-electron chi connectivity index (χ2n) is 3.94. The van der Waals surface area contributed by atoms with Crippen LogP contribution in [0.1, 0.15) is 12.8 Å². The molecule has 2 N–H and O–H groups in total. The lowest BCUT2D eigenvalue weighted by molar-refractivity contribution is -0.190. The molecule has 74 valence electrons. The van der Waals surface area contributed by atoms with Gasteiger partial charge in [0, 0.05) is 12.8 Å². The van der Waals surface area contributed by atoms with Gasteiger partial charge in [-0.2, -0.15) is 0 Å². The summed E-state index contributed by atoms with van der Waals surface area (Å²) in [5, 5.41) is 14.6. The second-order valence-corrected chi connectivity index (χ2v) is 3.94. The molecule has 0 amide bonds. The first-order valence-electron chi connectivity index (χ1n) is 4.50. The maximum absolute atomic E-state index is 9.27. The average Bonchev–Trinajstić information content (AvgIpc) is 2.27. The highest BCUT2D eigenvalue weighted by Gasteiger charge is 2.43. The molecule has 0 aromatic carbocycles. The Morgan fingerprint density at radius 2 is 1.27 bits per heavy atom. The van der Waals surface area contributed by atoms with Crippen molar-refractivity contribution in [2.45, 2.75) is 29.4 Å². The second kappa shape index (κ2) is 4.17. The molecule has 1 aliphatic rings. The van der Waals surface area contributed by atoms with Gasteiger partial charge in [-0.05, 0) is 10.8 Å². The molecule has 1 saturated heterocycles. The van der Waals surface area contributed by atoms with E-state index in [1.54, 1.807) is 0 Å². The van der Waals surface area contributed by atoms with Crippen LogP contribution in [-0.2, 0) is 9.47 Å². The molecule has 0 unspecified atom stereocenters. The van der Waals surface area contributed by atoms with Crippen molar-refractivity contribution in [2.75, 3.05) is 13.2 Å². The minimum Gasteiger partial charge on any atom is -0.409 e. The standard InChI is InChI=1S/C7H10B4O4/c8-6(9,12)3-5(4-7(10,11)13)14-1-2-15-5/h12-13H,1-4H2. The van der Waals surface area contributed by atoms with Crippen molar-refractivity contribution in [3.8, 4) is 0 Å². The topological polar surface area (TPSA) is 58.9 Å². The molecular formula is C7H10B4O4. The smallest absolute Gasteiger partial charge is 0.170 e. The van der Waals surface area contributed by atoms with E-state index in [1.807, 2.05) is 0 Å². The summed E-state index contributed by atoms with van der Waals surface area (Å²) in [6, 6.07) is 0. The van der Waals surface area contributed by atoms with Crippen molar-refractivity contribution < 1.29 is 19.7 Å². The molecule has 0 aliphatic carbocycles. The van der Waals surface area contributed by atoms with Gasteiger partial charge in [0.15, 0.2) is 5.79 Å². The maximum Gasteiger partial charge on any atom is 0.170 e. The van der Waals surface area contributed by atoms with Crippen LogP contribution < -0.4 is 0 Å². The van der Waals surface area contributed by atoms with Gasteiger partial charge in [0.1, 0.15) is 0 Å². The molecule has 1 aliphatic heterocycles. The Morgan fingerprint density at radius 1 is 0.933 bits per heavy atom. The maximum atomic E-state index is 9.27. The number of ether oxygens (including phenoxy) is 2. The summed E-state index contributed by atoms with van der Waals surface area (Å²) in [5.74, 6) is -1.34. The molecule has 8 radical (unpaired) electrons. The summed E-state index contributed by atoms with van der Waals surface area (Å²) in [6.07, 6.45) is -0.479. The Kier molecular flexibility index (Phi) is 3.66. The molecule has 4 nitrogen and oxygen atoms in total. The highest BCUT2D eigenvalue weighted by atomic mass is 16.7. The summed E-state index contributed by atoms with van der Waals surface area (Å²) in [4.78, 5) is 0. The fourth-order valence-corrected chi connectivity index (χ4v) is 1.63. The fraction of sp³-hybridized carbons (Fsp3) is 1.00.